The Morgan fingerprint density at radius 2 is 1.51 bits per heavy atom. The third kappa shape index (κ3) is 4.61. The Morgan fingerprint density at radius 3 is 2.07 bits per heavy atom. The maximum Gasteiger partial charge on any atom is 0.167 e. The lowest BCUT2D eigenvalue weighted by molar-refractivity contribution is -0.0516. The van der Waals surface area contributed by atoms with Crippen molar-refractivity contribution in [2.45, 2.75) is 30.9 Å². The summed E-state index contributed by atoms with van der Waals surface area (Å²) >= 11 is 0. The molecule has 3 aromatic carbocycles. The van der Waals surface area contributed by atoms with Crippen LogP contribution < -0.4 is 10.1 Å². The number of imidazole rings is 1. The molecule has 0 aliphatic carbocycles. The van der Waals surface area contributed by atoms with Crippen LogP contribution in [0.5, 0.6) is 5.75 Å². The normalized spacial score (nSPS) is 20.8. The molecule has 0 bridgehead atoms. The highest BCUT2D eigenvalue weighted by Gasteiger charge is 2.44. The molecule has 0 radical (unpaired) electrons. The van der Waals surface area contributed by atoms with Gasteiger partial charge in [0.05, 0.1) is 26.1 Å². The molecule has 2 aromatic heterocycles. The molecule has 1 aliphatic rings. The topological polar surface area (TPSA) is 104 Å². The Bertz CT molecular complexity index is 1550. The first-order chi connectivity index (χ1) is 20.1. The Morgan fingerprint density at radius 1 is 0.878 bits per heavy atom. The summed E-state index contributed by atoms with van der Waals surface area (Å²) in [5.41, 5.74) is 3.48. The van der Waals surface area contributed by atoms with Gasteiger partial charge in [-0.2, -0.15) is 0 Å². The number of aliphatic hydroxyl groups is 1. The number of aliphatic hydroxyl groups excluding tert-OH is 1. The van der Waals surface area contributed by atoms with Gasteiger partial charge in [0, 0.05) is 13.0 Å². The Balaban J connectivity index is 1.51. The molecular weight excluding hydrogens is 518 g/mol. The minimum atomic E-state index is -0.819. The number of fused-ring (bicyclic) bond motifs is 1. The number of hydrogen-bond donors (Lipinski definition) is 2. The van der Waals surface area contributed by atoms with Gasteiger partial charge in [0.25, 0.3) is 0 Å². The van der Waals surface area contributed by atoms with Crippen molar-refractivity contribution in [3.05, 3.63) is 114 Å². The first kappa shape index (κ1) is 26.9. The molecule has 9 heteroatoms. The van der Waals surface area contributed by atoms with Crippen molar-refractivity contribution in [3.63, 3.8) is 0 Å². The molecular formula is C32H33N5O4. The van der Waals surface area contributed by atoms with E-state index in [1.165, 1.54) is 6.33 Å². The number of rotatable bonds is 9. The minimum absolute atomic E-state index is 0.0343. The molecule has 41 heavy (non-hydrogen) atoms. The number of anilines is 1. The number of methoxy groups -OCH3 is 2. The van der Waals surface area contributed by atoms with Gasteiger partial charge < -0.3 is 24.6 Å². The molecule has 0 saturated carbocycles. The smallest absolute Gasteiger partial charge is 0.167 e. The van der Waals surface area contributed by atoms with Crippen LogP contribution in [0, 0.1) is 5.92 Å². The van der Waals surface area contributed by atoms with Crippen LogP contribution in [0.1, 0.15) is 29.8 Å². The van der Waals surface area contributed by atoms with E-state index in [0.29, 0.717) is 17.0 Å². The standard InChI is InChI=1S/C32H33N5O4/c1-21-28(40-3)26(18-38)41-31(21)37-20-35-27-29(33-19-34-30(27)37)36-32(22-10-6-4-7-11-22,23-12-8-5-9-13-23)24-14-16-25(39-2)17-15-24/h4-17,19-21,26,28,31,38H,18H2,1-3H3,(H,33,34,36)/t21?,26-,28?,31-/m1/s1. The summed E-state index contributed by atoms with van der Waals surface area (Å²) in [6.45, 7) is 1.91. The van der Waals surface area contributed by atoms with Crippen LogP contribution in [0.25, 0.3) is 11.2 Å². The van der Waals surface area contributed by atoms with E-state index in [9.17, 15) is 5.11 Å². The fourth-order valence-corrected chi connectivity index (χ4v) is 5.95. The van der Waals surface area contributed by atoms with Crippen LogP contribution in [0.15, 0.2) is 97.6 Å². The quantitative estimate of drug-likeness (QED) is 0.252. The third-order valence-electron chi connectivity index (χ3n) is 7.98. The molecule has 1 saturated heterocycles. The van der Waals surface area contributed by atoms with Crippen molar-refractivity contribution in [1.29, 1.82) is 0 Å². The molecule has 2 N–H and O–H groups in total. The third-order valence-corrected chi connectivity index (χ3v) is 7.98. The fraction of sp³-hybridized carbons (Fsp3) is 0.281. The Labute approximate surface area is 238 Å². The van der Waals surface area contributed by atoms with E-state index in [1.807, 2.05) is 60.0 Å². The average Bonchev–Trinajstić information content (AvgIpc) is 3.61. The van der Waals surface area contributed by atoms with Crippen molar-refractivity contribution < 1.29 is 19.3 Å². The molecule has 1 fully saturated rings. The van der Waals surface area contributed by atoms with Crippen LogP contribution in [0.3, 0.4) is 0 Å². The second kappa shape index (κ2) is 11.3. The van der Waals surface area contributed by atoms with Crippen LogP contribution in [0.2, 0.25) is 0 Å². The van der Waals surface area contributed by atoms with E-state index < -0.39 is 17.9 Å². The maximum atomic E-state index is 9.87. The molecule has 2 unspecified atom stereocenters. The van der Waals surface area contributed by atoms with E-state index in [1.54, 1.807) is 20.5 Å². The number of hydrogen-bond acceptors (Lipinski definition) is 8. The van der Waals surface area contributed by atoms with Gasteiger partial charge in [-0.25, -0.2) is 15.0 Å². The van der Waals surface area contributed by atoms with Gasteiger partial charge >= 0.3 is 0 Å². The number of nitrogens with one attached hydrogen (secondary N) is 1. The van der Waals surface area contributed by atoms with Gasteiger partial charge in [0.1, 0.15) is 29.9 Å². The van der Waals surface area contributed by atoms with Crippen LogP contribution >= 0.6 is 0 Å². The number of benzene rings is 3. The fourth-order valence-electron chi connectivity index (χ4n) is 5.95. The summed E-state index contributed by atoms with van der Waals surface area (Å²) < 4.78 is 19.2. The highest BCUT2D eigenvalue weighted by molar-refractivity contribution is 5.84. The molecule has 3 heterocycles. The zero-order chi connectivity index (χ0) is 28.4. The lowest BCUT2D eigenvalue weighted by atomic mass is 9.77. The second-order valence-electron chi connectivity index (χ2n) is 10.2. The SMILES string of the molecule is COc1ccc(C(Nc2ncnc3c2ncn3[C@@H]2O[C@H](CO)C(OC)C2C)(c2ccccc2)c2ccccc2)cc1. The van der Waals surface area contributed by atoms with Gasteiger partial charge in [-0.05, 0) is 28.8 Å². The summed E-state index contributed by atoms with van der Waals surface area (Å²) in [6, 6.07) is 28.6. The van der Waals surface area contributed by atoms with E-state index >= 15 is 0 Å². The van der Waals surface area contributed by atoms with Crippen LogP contribution in [0.4, 0.5) is 5.82 Å². The lowest BCUT2D eigenvalue weighted by Crippen LogP contribution is -2.38. The Hall–Kier alpha value is -4.31. The average molecular weight is 552 g/mol. The van der Waals surface area contributed by atoms with Crippen molar-refractivity contribution >= 4 is 17.0 Å². The monoisotopic (exact) mass is 551 g/mol. The van der Waals surface area contributed by atoms with Crippen molar-refractivity contribution in [3.8, 4) is 5.75 Å². The minimum Gasteiger partial charge on any atom is -0.497 e. The van der Waals surface area contributed by atoms with Crippen molar-refractivity contribution in [1.82, 2.24) is 19.5 Å². The highest BCUT2D eigenvalue weighted by atomic mass is 16.6. The lowest BCUT2D eigenvalue weighted by Gasteiger charge is -2.37. The van der Waals surface area contributed by atoms with E-state index in [-0.39, 0.29) is 18.6 Å². The van der Waals surface area contributed by atoms with Gasteiger partial charge in [0.2, 0.25) is 0 Å². The predicted octanol–water partition coefficient (Wildman–Crippen LogP) is 4.78. The summed E-state index contributed by atoms with van der Waals surface area (Å²) in [7, 11) is 3.30. The second-order valence-corrected chi connectivity index (χ2v) is 10.2. The maximum absolute atomic E-state index is 9.87. The van der Waals surface area contributed by atoms with Gasteiger partial charge in [-0.15, -0.1) is 0 Å². The largest absolute Gasteiger partial charge is 0.497 e. The Kier molecular flexibility index (Phi) is 7.40. The zero-order valence-corrected chi connectivity index (χ0v) is 23.2. The van der Waals surface area contributed by atoms with Crippen LogP contribution in [-0.2, 0) is 15.0 Å². The molecule has 0 spiro atoms. The summed E-state index contributed by atoms with van der Waals surface area (Å²) in [4.78, 5) is 14.1. The van der Waals surface area contributed by atoms with E-state index in [2.05, 4.69) is 46.7 Å². The van der Waals surface area contributed by atoms with Crippen molar-refractivity contribution in [2.75, 3.05) is 26.1 Å². The summed E-state index contributed by atoms with van der Waals surface area (Å²) in [5.74, 6) is 1.31. The molecule has 4 atom stereocenters. The number of aromatic nitrogens is 4. The highest BCUT2D eigenvalue weighted by Crippen LogP contribution is 2.42. The van der Waals surface area contributed by atoms with E-state index in [0.717, 1.165) is 22.4 Å². The van der Waals surface area contributed by atoms with Crippen molar-refractivity contribution in [2.24, 2.45) is 5.92 Å². The first-order valence-corrected chi connectivity index (χ1v) is 13.6. The van der Waals surface area contributed by atoms with E-state index in [4.69, 9.17) is 24.2 Å². The molecule has 5 aromatic rings. The van der Waals surface area contributed by atoms with Gasteiger partial charge in [-0.3, -0.25) is 4.57 Å². The first-order valence-electron chi connectivity index (χ1n) is 13.6. The molecule has 9 nitrogen and oxygen atoms in total. The molecule has 6 rings (SSSR count). The molecule has 1 aliphatic heterocycles. The zero-order valence-electron chi connectivity index (χ0n) is 23.2. The summed E-state index contributed by atoms with van der Waals surface area (Å²) in [5, 5.41) is 13.7. The summed E-state index contributed by atoms with van der Waals surface area (Å²) in [6.07, 6.45) is 2.17. The molecule has 0 amide bonds. The van der Waals surface area contributed by atoms with Crippen LogP contribution in [-0.4, -0.2) is 57.7 Å². The predicted molar refractivity (Wildman–Crippen MR) is 156 cm³/mol. The molecule has 210 valence electrons. The number of ether oxygens (including phenoxy) is 3. The van der Waals surface area contributed by atoms with Gasteiger partial charge in [-0.1, -0.05) is 79.7 Å². The van der Waals surface area contributed by atoms with Gasteiger partial charge in [0.15, 0.2) is 17.0 Å². The number of nitrogens with zero attached hydrogens (tertiary/aromatic N) is 4.